The van der Waals surface area contributed by atoms with Crippen LogP contribution in [0.5, 0.6) is 0 Å². The van der Waals surface area contributed by atoms with Crippen LogP contribution >= 0.6 is 0 Å². The standard InChI is InChI=1S/C30H39NO6/c1-30(2,3)25-20-27(32)37-17-11-7-5-6-8-13-22-14-9-10-15-23(22)16-12-18-36-24-19-26(29(34)35-4)31(21-24)28(25)33/h8-10,13-15,24-26H,5-7,11,17-21H2,1-4H3/b13-8+/t24-,25-,26+/m1/s1. The molecule has 37 heavy (non-hydrogen) atoms. The average molecular weight is 510 g/mol. The predicted molar refractivity (Wildman–Crippen MR) is 141 cm³/mol. The second kappa shape index (κ2) is 13.4. The van der Waals surface area contributed by atoms with Gasteiger partial charge in [0.1, 0.15) is 12.6 Å². The molecule has 2 bridgehead atoms. The van der Waals surface area contributed by atoms with Crippen LogP contribution in [0, 0.1) is 23.2 Å². The molecule has 1 saturated heterocycles. The van der Waals surface area contributed by atoms with Crippen LogP contribution in [-0.4, -0.2) is 61.8 Å². The molecule has 7 heteroatoms. The van der Waals surface area contributed by atoms with Crippen LogP contribution in [0.4, 0.5) is 0 Å². The zero-order valence-electron chi connectivity index (χ0n) is 22.5. The van der Waals surface area contributed by atoms with Crippen LogP contribution in [0.15, 0.2) is 30.3 Å². The summed E-state index contributed by atoms with van der Waals surface area (Å²) in [6.45, 7) is 6.50. The SMILES string of the molecule is COC(=O)[C@@H]1C[C@@H]2CN1C(=O)[C@H](C(C)(C)C)CC(=O)OCCCCC/C=C/c1ccccc1C#CCO2. The third kappa shape index (κ3) is 8.19. The van der Waals surface area contributed by atoms with Gasteiger partial charge in [0.05, 0.1) is 32.2 Å². The zero-order valence-corrected chi connectivity index (χ0v) is 22.5. The highest BCUT2D eigenvalue weighted by molar-refractivity contribution is 5.89. The molecule has 0 spiro atoms. The van der Waals surface area contributed by atoms with E-state index >= 15 is 0 Å². The van der Waals surface area contributed by atoms with Crippen molar-refractivity contribution in [3.8, 4) is 11.8 Å². The minimum atomic E-state index is -0.764. The molecule has 1 fully saturated rings. The Balaban J connectivity index is 1.84. The molecule has 0 aliphatic carbocycles. The van der Waals surface area contributed by atoms with Gasteiger partial charge in [-0.2, -0.15) is 0 Å². The third-order valence-corrected chi connectivity index (χ3v) is 6.88. The number of hydrogen-bond acceptors (Lipinski definition) is 6. The molecular weight excluding hydrogens is 470 g/mol. The van der Waals surface area contributed by atoms with Gasteiger partial charge >= 0.3 is 11.9 Å². The van der Waals surface area contributed by atoms with Gasteiger partial charge in [0.15, 0.2) is 0 Å². The molecule has 2 aliphatic rings. The van der Waals surface area contributed by atoms with Crippen LogP contribution < -0.4 is 0 Å². The molecule has 7 nitrogen and oxygen atoms in total. The fourth-order valence-electron chi connectivity index (χ4n) is 4.70. The lowest BCUT2D eigenvalue weighted by Gasteiger charge is -2.34. The smallest absolute Gasteiger partial charge is 0.328 e. The summed E-state index contributed by atoms with van der Waals surface area (Å²) in [4.78, 5) is 40.4. The maximum atomic E-state index is 13.7. The second-order valence-electron chi connectivity index (χ2n) is 10.7. The van der Waals surface area contributed by atoms with E-state index in [1.54, 1.807) is 0 Å². The largest absolute Gasteiger partial charge is 0.467 e. The Morgan fingerprint density at radius 1 is 1.14 bits per heavy atom. The summed E-state index contributed by atoms with van der Waals surface area (Å²) in [5.74, 6) is 4.48. The molecule has 3 atom stereocenters. The first kappa shape index (κ1) is 28.5. The average Bonchev–Trinajstić information content (AvgIpc) is 3.29. The monoisotopic (exact) mass is 509 g/mol. The number of rotatable bonds is 1. The highest BCUT2D eigenvalue weighted by Gasteiger charge is 2.45. The van der Waals surface area contributed by atoms with Crippen LogP contribution in [0.25, 0.3) is 6.08 Å². The molecule has 1 amide bonds. The molecule has 0 saturated carbocycles. The van der Waals surface area contributed by atoms with Gasteiger partial charge in [0, 0.05) is 18.5 Å². The van der Waals surface area contributed by atoms with E-state index in [2.05, 4.69) is 24.0 Å². The number of allylic oxidation sites excluding steroid dienone is 1. The molecule has 1 aromatic carbocycles. The Morgan fingerprint density at radius 3 is 2.68 bits per heavy atom. The Labute approximate surface area is 220 Å². The van der Waals surface area contributed by atoms with Crippen LogP contribution in [0.3, 0.4) is 0 Å². The van der Waals surface area contributed by atoms with Gasteiger partial charge in [0.25, 0.3) is 0 Å². The topological polar surface area (TPSA) is 82.1 Å². The minimum Gasteiger partial charge on any atom is -0.467 e. The van der Waals surface area contributed by atoms with Gasteiger partial charge in [-0.15, -0.1) is 0 Å². The summed E-state index contributed by atoms with van der Waals surface area (Å²) >= 11 is 0. The Kier molecular flexibility index (Phi) is 10.3. The predicted octanol–water partition coefficient (Wildman–Crippen LogP) is 4.38. The van der Waals surface area contributed by atoms with Crippen molar-refractivity contribution in [3.63, 3.8) is 0 Å². The van der Waals surface area contributed by atoms with Crippen molar-refractivity contribution >= 4 is 23.9 Å². The lowest BCUT2D eigenvalue weighted by atomic mass is 9.77. The Hall–Kier alpha value is -3.11. The van der Waals surface area contributed by atoms with Crippen molar-refractivity contribution in [1.82, 2.24) is 4.90 Å². The van der Waals surface area contributed by atoms with Gasteiger partial charge in [0.2, 0.25) is 5.91 Å². The number of nitrogens with zero attached hydrogens (tertiary/aromatic N) is 1. The number of cyclic esters (lactones) is 1. The summed E-state index contributed by atoms with van der Waals surface area (Å²) in [6, 6.07) is 7.19. The summed E-state index contributed by atoms with van der Waals surface area (Å²) < 4.78 is 16.4. The molecule has 3 rings (SSSR count). The number of hydrogen-bond donors (Lipinski definition) is 0. The highest BCUT2D eigenvalue weighted by atomic mass is 16.5. The first-order chi connectivity index (χ1) is 17.7. The number of ether oxygens (including phenoxy) is 3. The highest BCUT2D eigenvalue weighted by Crippen LogP contribution is 2.34. The molecule has 0 aromatic heterocycles. The van der Waals surface area contributed by atoms with Gasteiger partial charge in [-0.25, -0.2) is 4.79 Å². The molecular formula is C30H39NO6. The summed E-state index contributed by atoms with van der Waals surface area (Å²) in [5.41, 5.74) is 1.46. The van der Waals surface area contributed by atoms with Gasteiger partial charge in [-0.3, -0.25) is 9.59 Å². The zero-order chi connectivity index (χ0) is 26.8. The quantitative estimate of drug-likeness (QED) is 0.413. The van der Waals surface area contributed by atoms with E-state index in [0.29, 0.717) is 13.0 Å². The minimum absolute atomic E-state index is 0.0370. The lowest BCUT2D eigenvalue weighted by Crippen LogP contribution is -2.47. The van der Waals surface area contributed by atoms with E-state index in [4.69, 9.17) is 14.2 Å². The van der Waals surface area contributed by atoms with Crippen molar-refractivity contribution < 1.29 is 28.6 Å². The number of methoxy groups -OCH3 is 1. The number of carbonyl (C=O) groups is 3. The first-order valence-corrected chi connectivity index (χ1v) is 13.1. The van der Waals surface area contributed by atoms with Crippen molar-refractivity contribution in [3.05, 3.63) is 41.5 Å². The van der Waals surface area contributed by atoms with Crippen molar-refractivity contribution in [2.75, 3.05) is 26.9 Å². The molecule has 0 radical (unpaired) electrons. The number of fused-ring (bicyclic) bond motifs is 3. The lowest BCUT2D eigenvalue weighted by molar-refractivity contribution is -0.157. The third-order valence-electron chi connectivity index (χ3n) is 6.88. The van der Waals surface area contributed by atoms with E-state index in [9.17, 15) is 14.4 Å². The van der Waals surface area contributed by atoms with E-state index in [1.807, 2.05) is 45.0 Å². The first-order valence-electron chi connectivity index (χ1n) is 13.1. The summed E-state index contributed by atoms with van der Waals surface area (Å²) in [7, 11) is 1.31. The molecule has 2 aliphatic heterocycles. The van der Waals surface area contributed by atoms with Crippen LogP contribution in [-0.2, 0) is 28.6 Å². The van der Waals surface area contributed by atoms with E-state index in [-0.39, 0.29) is 31.6 Å². The normalized spacial score (nSPS) is 25.1. The fraction of sp³-hybridized carbons (Fsp3) is 0.567. The van der Waals surface area contributed by atoms with Gasteiger partial charge < -0.3 is 19.1 Å². The molecule has 200 valence electrons. The molecule has 1 aromatic rings. The molecule has 0 N–H and O–H groups in total. The summed E-state index contributed by atoms with van der Waals surface area (Å²) in [5, 5.41) is 0. The number of amides is 1. The van der Waals surface area contributed by atoms with Gasteiger partial charge in [-0.05, 0) is 42.7 Å². The maximum absolute atomic E-state index is 13.7. The fourth-order valence-corrected chi connectivity index (χ4v) is 4.70. The maximum Gasteiger partial charge on any atom is 0.328 e. The Bertz CT molecular complexity index is 1040. The van der Waals surface area contributed by atoms with Crippen molar-refractivity contribution in [1.29, 1.82) is 0 Å². The van der Waals surface area contributed by atoms with Crippen molar-refractivity contribution in [2.24, 2.45) is 11.3 Å². The van der Waals surface area contributed by atoms with E-state index < -0.39 is 29.3 Å². The van der Waals surface area contributed by atoms with Gasteiger partial charge in [-0.1, -0.05) is 63.0 Å². The summed E-state index contributed by atoms with van der Waals surface area (Å²) in [6.07, 6.45) is 7.78. The van der Waals surface area contributed by atoms with E-state index in [1.165, 1.54) is 12.0 Å². The second-order valence-corrected chi connectivity index (χ2v) is 10.7. The number of benzene rings is 1. The molecule has 0 unspecified atom stereocenters. The molecule has 2 heterocycles. The Morgan fingerprint density at radius 2 is 1.92 bits per heavy atom. The van der Waals surface area contributed by atoms with Crippen molar-refractivity contribution in [2.45, 2.75) is 71.4 Å². The number of carbonyl (C=O) groups excluding carboxylic acids is 3. The van der Waals surface area contributed by atoms with Crippen LogP contribution in [0.1, 0.15) is 70.4 Å². The van der Waals surface area contributed by atoms with E-state index in [0.717, 1.165) is 36.8 Å². The van der Waals surface area contributed by atoms with Crippen LogP contribution in [0.2, 0.25) is 0 Å². The number of esters is 2.